The van der Waals surface area contributed by atoms with Gasteiger partial charge in [0, 0.05) is 24.2 Å². The molecule has 0 amide bonds. The Balaban J connectivity index is 0.000000980. The third kappa shape index (κ3) is 2.25. The first-order valence-electron chi connectivity index (χ1n) is 4.32. The normalized spacial score (nSPS) is 14.3. The summed E-state index contributed by atoms with van der Waals surface area (Å²) in [5.41, 5.74) is 1.76. The topological polar surface area (TPSA) is 38.3 Å². The summed E-state index contributed by atoms with van der Waals surface area (Å²) in [4.78, 5) is 10.5. The zero-order chi connectivity index (χ0) is 9.10. The molecule has 1 aromatic rings. The van der Waals surface area contributed by atoms with Crippen molar-refractivity contribution >= 4 is 18.7 Å². The van der Waals surface area contributed by atoms with E-state index in [0.717, 1.165) is 30.7 Å². The standard InChI is InChI=1S/C10H11NO2.ClH/c12-7-8-1-2-10-9(5-8)6-11-3-4-13-10;/h1-2,5,7,11H,3-4,6H2;1H. The van der Waals surface area contributed by atoms with Crippen LogP contribution in [-0.2, 0) is 6.54 Å². The van der Waals surface area contributed by atoms with Crippen molar-refractivity contribution in [2.75, 3.05) is 13.2 Å². The summed E-state index contributed by atoms with van der Waals surface area (Å²) in [5, 5.41) is 3.21. The van der Waals surface area contributed by atoms with E-state index in [1.165, 1.54) is 0 Å². The summed E-state index contributed by atoms with van der Waals surface area (Å²) in [6.07, 6.45) is 0.852. The van der Waals surface area contributed by atoms with Gasteiger partial charge in [0.2, 0.25) is 0 Å². The van der Waals surface area contributed by atoms with Crippen molar-refractivity contribution in [3.63, 3.8) is 0 Å². The van der Waals surface area contributed by atoms with E-state index < -0.39 is 0 Å². The molecule has 0 radical (unpaired) electrons. The molecule has 0 unspecified atom stereocenters. The van der Waals surface area contributed by atoms with Gasteiger partial charge in [0.15, 0.2) is 0 Å². The fourth-order valence-electron chi connectivity index (χ4n) is 1.41. The summed E-state index contributed by atoms with van der Waals surface area (Å²) >= 11 is 0. The quantitative estimate of drug-likeness (QED) is 0.717. The molecule has 1 aromatic carbocycles. The lowest BCUT2D eigenvalue weighted by Gasteiger charge is -2.05. The van der Waals surface area contributed by atoms with Crippen molar-refractivity contribution in [2.45, 2.75) is 6.54 Å². The van der Waals surface area contributed by atoms with Crippen LogP contribution in [0.4, 0.5) is 0 Å². The molecule has 0 saturated carbocycles. The maximum Gasteiger partial charge on any atom is 0.150 e. The van der Waals surface area contributed by atoms with Crippen LogP contribution in [0, 0.1) is 0 Å². The van der Waals surface area contributed by atoms with Gasteiger partial charge in [-0.05, 0) is 18.2 Å². The van der Waals surface area contributed by atoms with Crippen molar-refractivity contribution in [2.24, 2.45) is 0 Å². The monoisotopic (exact) mass is 213 g/mol. The van der Waals surface area contributed by atoms with Crippen molar-refractivity contribution in [1.29, 1.82) is 0 Å². The van der Waals surface area contributed by atoms with Gasteiger partial charge in [-0.3, -0.25) is 4.79 Å². The maximum atomic E-state index is 10.5. The number of aldehydes is 1. The van der Waals surface area contributed by atoms with Gasteiger partial charge in [-0.1, -0.05) is 0 Å². The zero-order valence-corrected chi connectivity index (χ0v) is 8.47. The lowest BCUT2D eigenvalue weighted by molar-refractivity contribution is 0.112. The number of carbonyl (C=O) groups excluding carboxylic acids is 1. The number of rotatable bonds is 1. The van der Waals surface area contributed by atoms with E-state index in [9.17, 15) is 4.79 Å². The average molecular weight is 214 g/mol. The number of halogens is 1. The second kappa shape index (κ2) is 4.98. The molecule has 0 saturated heterocycles. The Bertz CT molecular complexity index is 328. The molecule has 1 N–H and O–H groups in total. The molecular weight excluding hydrogens is 202 g/mol. The fourth-order valence-corrected chi connectivity index (χ4v) is 1.41. The molecule has 1 heterocycles. The van der Waals surface area contributed by atoms with Crippen LogP contribution in [0.25, 0.3) is 0 Å². The van der Waals surface area contributed by atoms with Crippen molar-refractivity contribution < 1.29 is 9.53 Å². The number of benzene rings is 1. The van der Waals surface area contributed by atoms with Crippen LogP contribution in [-0.4, -0.2) is 19.4 Å². The Labute approximate surface area is 88.9 Å². The average Bonchev–Trinajstić information content (AvgIpc) is 2.41. The van der Waals surface area contributed by atoms with Gasteiger partial charge in [0.25, 0.3) is 0 Å². The van der Waals surface area contributed by atoms with E-state index >= 15 is 0 Å². The second-order valence-corrected chi connectivity index (χ2v) is 3.01. The molecule has 1 aliphatic rings. The fraction of sp³-hybridized carbons (Fsp3) is 0.300. The van der Waals surface area contributed by atoms with Crippen molar-refractivity contribution in [1.82, 2.24) is 5.32 Å². The molecule has 0 aromatic heterocycles. The number of hydrogen-bond donors (Lipinski definition) is 1. The number of nitrogens with one attached hydrogen (secondary N) is 1. The van der Waals surface area contributed by atoms with Crippen LogP contribution in [0.15, 0.2) is 18.2 Å². The van der Waals surface area contributed by atoms with Gasteiger partial charge in [0.1, 0.15) is 18.6 Å². The SMILES string of the molecule is Cl.O=Cc1ccc2c(c1)CNCCO2. The minimum atomic E-state index is 0. The molecule has 14 heavy (non-hydrogen) atoms. The van der Waals surface area contributed by atoms with Crippen molar-refractivity contribution in [3.8, 4) is 5.75 Å². The largest absolute Gasteiger partial charge is 0.492 e. The van der Waals surface area contributed by atoms with Gasteiger partial charge in [-0.25, -0.2) is 0 Å². The third-order valence-corrected chi connectivity index (χ3v) is 2.07. The Kier molecular flexibility index (Phi) is 3.92. The van der Waals surface area contributed by atoms with E-state index in [2.05, 4.69) is 5.32 Å². The van der Waals surface area contributed by atoms with Crippen LogP contribution in [0.2, 0.25) is 0 Å². The minimum Gasteiger partial charge on any atom is -0.492 e. The predicted molar refractivity (Wildman–Crippen MR) is 56.3 cm³/mol. The first-order chi connectivity index (χ1) is 6.40. The molecule has 0 aliphatic carbocycles. The first-order valence-corrected chi connectivity index (χ1v) is 4.32. The minimum absolute atomic E-state index is 0. The highest BCUT2D eigenvalue weighted by atomic mass is 35.5. The first kappa shape index (κ1) is 11.0. The van der Waals surface area contributed by atoms with Gasteiger partial charge >= 0.3 is 0 Å². The summed E-state index contributed by atoms with van der Waals surface area (Å²) < 4.78 is 5.47. The summed E-state index contributed by atoms with van der Waals surface area (Å²) in [6, 6.07) is 5.49. The van der Waals surface area contributed by atoms with Crippen LogP contribution in [0.1, 0.15) is 15.9 Å². The number of fused-ring (bicyclic) bond motifs is 1. The molecule has 4 heteroatoms. The predicted octanol–water partition coefficient (Wildman–Crippen LogP) is 1.40. The maximum absolute atomic E-state index is 10.5. The van der Waals surface area contributed by atoms with E-state index in [-0.39, 0.29) is 12.4 Å². The Morgan fingerprint density at radius 3 is 3.07 bits per heavy atom. The molecule has 0 bridgehead atoms. The third-order valence-electron chi connectivity index (χ3n) is 2.07. The van der Waals surface area contributed by atoms with Gasteiger partial charge in [-0.15, -0.1) is 12.4 Å². The molecule has 0 atom stereocenters. The Hall–Kier alpha value is -1.06. The van der Waals surface area contributed by atoms with Gasteiger partial charge in [0.05, 0.1) is 0 Å². The summed E-state index contributed by atoms with van der Waals surface area (Å²) in [5.74, 6) is 0.885. The van der Waals surface area contributed by atoms with E-state index in [0.29, 0.717) is 12.2 Å². The zero-order valence-electron chi connectivity index (χ0n) is 7.66. The highest BCUT2D eigenvalue weighted by Crippen LogP contribution is 2.20. The van der Waals surface area contributed by atoms with Crippen LogP contribution < -0.4 is 10.1 Å². The Morgan fingerprint density at radius 2 is 2.29 bits per heavy atom. The summed E-state index contributed by atoms with van der Waals surface area (Å²) in [7, 11) is 0. The van der Waals surface area contributed by atoms with Crippen LogP contribution in [0.5, 0.6) is 5.75 Å². The lowest BCUT2D eigenvalue weighted by atomic mass is 10.1. The lowest BCUT2D eigenvalue weighted by Crippen LogP contribution is -2.16. The molecule has 0 fully saturated rings. The molecule has 76 valence electrons. The van der Waals surface area contributed by atoms with Gasteiger partial charge in [-0.2, -0.15) is 0 Å². The molecule has 3 nitrogen and oxygen atoms in total. The van der Waals surface area contributed by atoms with E-state index in [1.54, 1.807) is 6.07 Å². The molecule has 2 rings (SSSR count). The van der Waals surface area contributed by atoms with E-state index in [4.69, 9.17) is 4.74 Å². The van der Waals surface area contributed by atoms with E-state index in [1.807, 2.05) is 12.1 Å². The smallest absolute Gasteiger partial charge is 0.150 e. The highest BCUT2D eigenvalue weighted by molar-refractivity contribution is 5.85. The summed E-state index contributed by atoms with van der Waals surface area (Å²) in [6.45, 7) is 2.32. The van der Waals surface area contributed by atoms with Crippen molar-refractivity contribution in [3.05, 3.63) is 29.3 Å². The van der Waals surface area contributed by atoms with Crippen LogP contribution in [0.3, 0.4) is 0 Å². The molecule has 0 spiro atoms. The molecular formula is C10H12ClNO2. The highest BCUT2D eigenvalue weighted by Gasteiger charge is 2.07. The van der Waals surface area contributed by atoms with Gasteiger partial charge < -0.3 is 10.1 Å². The van der Waals surface area contributed by atoms with Crippen LogP contribution >= 0.6 is 12.4 Å². The number of ether oxygens (including phenoxy) is 1. The Morgan fingerprint density at radius 1 is 1.43 bits per heavy atom. The second-order valence-electron chi connectivity index (χ2n) is 3.01. The number of carbonyl (C=O) groups is 1. The molecule has 1 aliphatic heterocycles. The number of hydrogen-bond acceptors (Lipinski definition) is 3.